The topological polar surface area (TPSA) is 59.8 Å². The van der Waals surface area contributed by atoms with Gasteiger partial charge in [-0.15, -0.1) is 0 Å². The molecule has 2 aliphatic heterocycles. The standard InChI is InChI=1S/C22H32N4O3/c1-4-29-22(27)26-13-9-17(10-14-26)25-11-7-16(8-12-25)21-19-15-18(28-3)5-6-20(19)24(2)23-21/h5-6,15-17H,4,7-14H2,1-3H3. The largest absolute Gasteiger partial charge is 0.497 e. The number of fused-ring (bicyclic) bond motifs is 1. The Hall–Kier alpha value is -2.28. The van der Waals surface area contributed by atoms with E-state index in [-0.39, 0.29) is 6.09 Å². The van der Waals surface area contributed by atoms with E-state index in [2.05, 4.69) is 17.0 Å². The molecule has 0 aliphatic carbocycles. The Morgan fingerprint density at radius 2 is 1.86 bits per heavy atom. The molecule has 0 radical (unpaired) electrons. The molecule has 2 saturated heterocycles. The first-order valence-electron chi connectivity index (χ1n) is 10.8. The van der Waals surface area contributed by atoms with Crippen molar-refractivity contribution in [3.05, 3.63) is 23.9 Å². The number of rotatable bonds is 4. The van der Waals surface area contributed by atoms with Crippen molar-refractivity contribution < 1.29 is 14.3 Å². The first kappa shape index (κ1) is 20.0. The van der Waals surface area contributed by atoms with Crippen molar-refractivity contribution >= 4 is 17.0 Å². The number of amides is 1. The summed E-state index contributed by atoms with van der Waals surface area (Å²) in [5.41, 5.74) is 2.37. The van der Waals surface area contributed by atoms with E-state index in [0.717, 1.165) is 63.1 Å². The Balaban J connectivity index is 1.37. The molecule has 0 unspecified atom stereocenters. The fourth-order valence-corrected chi connectivity index (χ4v) is 4.87. The maximum Gasteiger partial charge on any atom is 0.409 e. The Morgan fingerprint density at radius 1 is 1.14 bits per heavy atom. The average molecular weight is 401 g/mol. The number of hydrogen-bond donors (Lipinski definition) is 0. The lowest BCUT2D eigenvalue weighted by molar-refractivity contribution is 0.0661. The minimum absolute atomic E-state index is 0.165. The Kier molecular flexibility index (Phi) is 5.94. The predicted octanol–water partition coefficient (Wildman–Crippen LogP) is 3.38. The van der Waals surface area contributed by atoms with Gasteiger partial charge < -0.3 is 19.3 Å². The molecule has 29 heavy (non-hydrogen) atoms. The number of piperidine rings is 2. The Bertz CT molecular complexity index is 849. The van der Waals surface area contributed by atoms with Crippen LogP contribution >= 0.6 is 0 Å². The quantitative estimate of drug-likeness (QED) is 0.787. The number of carbonyl (C=O) groups is 1. The summed E-state index contributed by atoms with van der Waals surface area (Å²) in [5, 5.41) is 6.07. The van der Waals surface area contributed by atoms with E-state index >= 15 is 0 Å². The Labute approximate surface area is 172 Å². The summed E-state index contributed by atoms with van der Waals surface area (Å²) in [7, 11) is 3.73. The van der Waals surface area contributed by atoms with Gasteiger partial charge in [0.25, 0.3) is 0 Å². The van der Waals surface area contributed by atoms with Gasteiger partial charge in [0.15, 0.2) is 0 Å². The zero-order valence-corrected chi connectivity index (χ0v) is 17.8. The molecule has 2 aromatic rings. The van der Waals surface area contributed by atoms with E-state index in [1.54, 1.807) is 7.11 Å². The van der Waals surface area contributed by atoms with Gasteiger partial charge in [0.1, 0.15) is 5.75 Å². The molecule has 0 bridgehead atoms. The molecule has 3 heterocycles. The van der Waals surface area contributed by atoms with Gasteiger partial charge in [0.05, 0.1) is 24.9 Å². The smallest absolute Gasteiger partial charge is 0.409 e. The van der Waals surface area contributed by atoms with Crippen LogP contribution in [0.25, 0.3) is 10.9 Å². The minimum atomic E-state index is -0.165. The van der Waals surface area contributed by atoms with Crippen LogP contribution in [0.5, 0.6) is 5.75 Å². The second kappa shape index (κ2) is 8.61. The van der Waals surface area contributed by atoms with Crippen molar-refractivity contribution in [3.8, 4) is 5.75 Å². The molecule has 1 aromatic carbocycles. The number of aryl methyl sites for hydroxylation is 1. The molecular formula is C22H32N4O3. The maximum atomic E-state index is 11.9. The summed E-state index contributed by atoms with van der Waals surface area (Å²) < 4.78 is 12.6. The molecule has 1 aromatic heterocycles. The van der Waals surface area contributed by atoms with Crippen molar-refractivity contribution in [3.63, 3.8) is 0 Å². The summed E-state index contributed by atoms with van der Waals surface area (Å²) >= 11 is 0. The number of benzene rings is 1. The first-order valence-corrected chi connectivity index (χ1v) is 10.8. The van der Waals surface area contributed by atoms with E-state index in [0.29, 0.717) is 18.6 Å². The molecule has 0 saturated carbocycles. The van der Waals surface area contributed by atoms with E-state index < -0.39 is 0 Å². The fraction of sp³-hybridized carbons (Fsp3) is 0.636. The van der Waals surface area contributed by atoms with Gasteiger partial charge in [0.2, 0.25) is 0 Å². The zero-order valence-electron chi connectivity index (χ0n) is 17.8. The van der Waals surface area contributed by atoms with Crippen LogP contribution in [0.3, 0.4) is 0 Å². The monoisotopic (exact) mass is 400 g/mol. The summed E-state index contributed by atoms with van der Waals surface area (Å²) in [6, 6.07) is 6.79. The lowest BCUT2D eigenvalue weighted by Gasteiger charge is -2.41. The SMILES string of the molecule is CCOC(=O)N1CCC(N2CCC(c3nn(C)c4ccc(OC)cc34)CC2)CC1. The highest BCUT2D eigenvalue weighted by Crippen LogP contribution is 2.35. The number of aromatic nitrogens is 2. The summed E-state index contributed by atoms with van der Waals surface area (Å²) in [5.74, 6) is 1.37. The molecular weight excluding hydrogens is 368 g/mol. The highest BCUT2D eigenvalue weighted by Gasteiger charge is 2.31. The third-order valence-electron chi connectivity index (χ3n) is 6.51. The summed E-state index contributed by atoms with van der Waals surface area (Å²) in [6.07, 6.45) is 4.16. The van der Waals surface area contributed by atoms with Crippen LogP contribution in [0, 0.1) is 0 Å². The highest BCUT2D eigenvalue weighted by atomic mass is 16.6. The minimum Gasteiger partial charge on any atom is -0.497 e. The maximum absolute atomic E-state index is 11.9. The summed E-state index contributed by atoms with van der Waals surface area (Å²) in [6.45, 7) is 6.09. The van der Waals surface area contributed by atoms with E-state index in [4.69, 9.17) is 14.6 Å². The van der Waals surface area contributed by atoms with Crippen LogP contribution in [0.2, 0.25) is 0 Å². The highest BCUT2D eigenvalue weighted by molar-refractivity contribution is 5.84. The van der Waals surface area contributed by atoms with Crippen LogP contribution in [0.15, 0.2) is 18.2 Å². The predicted molar refractivity (Wildman–Crippen MR) is 112 cm³/mol. The van der Waals surface area contributed by atoms with Crippen LogP contribution in [-0.4, -0.2) is 71.6 Å². The fourth-order valence-electron chi connectivity index (χ4n) is 4.87. The van der Waals surface area contributed by atoms with Crippen LogP contribution < -0.4 is 4.74 Å². The number of likely N-dealkylation sites (tertiary alicyclic amines) is 2. The van der Waals surface area contributed by atoms with Gasteiger partial charge in [-0.05, 0) is 63.9 Å². The van der Waals surface area contributed by atoms with Gasteiger partial charge in [-0.25, -0.2) is 4.79 Å². The first-order chi connectivity index (χ1) is 14.1. The van der Waals surface area contributed by atoms with Crippen molar-refractivity contribution in [2.45, 2.75) is 44.6 Å². The van der Waals surface area contributed by atoms with Crippen molar-refractivity contribution in [1.29, 1.82) is 0 Å². The molecule has 7 heteroatoms. The molecule has 0 atom stereocenters. The lowest BCUT2D eigenvalue weighted by Crippen LogP contribution is -2.49. The van der Waals surface area contributed by atoms with E-state index in [9.17, 15) is 4.79 Å². The lowest BCUT2D eigenvalue weighted by atomic mass is 9.89. The number of ether oxygens (including phenoxy) is 2. The molecule has 7 nitrogen and oxygen atoms in total. The number of methoxy groups -OCH3 is 1. The molecule has 0 spiro atoms. The molecule has 4 rings (SSSR count). The normalized spacial score (nSPS) is 19.6. The third-order valence-corrected chi connectivity index (χ3v) is 6.51. The van der Waals surface area contributed by atoms with E-state index in [1.807, 2.05) is 29.6 Å². The van der Waals surface area contributed by atoms with Gasteiger partial charge in [-0.3, -0.25) is 4.68 Å². The second-order valence-corrected chi connectivity index (χ2v) is 8.12. The Morgan fingerprint density at radius 3 is 2.52 bits per heavy atom. The van der Waals surface area contributed by atoms with Crippen molar-refractivity contribution in [2.24, 2.45) is 7.05 Å². The van der Waals surface area contributed by atoms with Crippen LogP contribution in [-0.2, 0) is 11.8 Å². The van der Waals surface area contributed by atoms with Gasteiger partial charge in [-0.2, -0.15) is 5.10 Å². The third kappa shape index (κ3) is 4.06. The zero-order chi connectivity index (χ0) is 20.4. The number of carbonyl (C=O) groups excluding carboxylic acids is 1. The second-order valence-electron chi connectivity index (χ2n) is 8.12. The average Bonchev–Trinajstić information content (AvgIpc) is 3.10. The van der Waals surface area contributed by atoms with Gasteiger partial charge >= 0.3 is 6.09 Å². The molecule has 0 N–H and O–H groups in total. The van der Waals surface area contributed by atoms with Crippen molar-refractivity contribution in [2.75, 3.05) is 39.9 Å². The molecule has 158 valence electrons. The summed E-state index contributed by atoms with van der Waals surface area (Å²) in [4.78, 5) is 16.4. The van der Waals surface area contributed by atoms with Crippen LogP contribution in [0.4, 0.5) is 4.79 Å². The van der Waals surface area contributed by atoms with E-state index in [1.165, 1.54) is 11.1 Å². The van der Waals surface area contributed by atoms with Crippen LogP contribution in [0.1, 0.15) is 44.2 Å². The molecule has 2 fully saturated rings. The van der Waals surface area contributed by atoms with Gasteiger partial charge in [-0.1, -0.05) is 0 Å². The molecule has 2 aliphatic rings. The van der Waals surface area contributed by atoms with Crippen molar-refractivity contribution in [1.82, 2.24) is 19.6 Å². The number of hydrogen-bond acceptors (Lipinski definition) is 5. The molecule has 1 amide bonds. The van der Waals surface area contributed by atoms with Gasteiger partial charge in [0, 0.05) is 37.5 Å². The number of nitrogens with zero attached hydrogens (tertiary/aromatic N) is 4.